The van der Waals surface area contributed by atoms with Crippen molar-refractivity contribution in [3.63, 3.8) is 0 Å². The van der Waals surface area contributed by atoms with Gasteiger partial charge >= 0.3 is 18.3 Å². The van der Waals surface area contributed by atoms with E-state index in [1.807, 2.05) is 0 Å². The molecule has 0 saturated carbocycles. The lowest BCUT2D eigenvalue weighted by Crippen LogP contribution is -2.41. The monoisotopic (exact) mass is 317 g/mol. The van der Waals surface area contributed by atoms with Crippen molar-refractivity contribution in [1.29, 1.82) is 0 Å². The van der Waals surface area contributed by atoms with Crippen LogP contribution in [-0.4, -0.2) is 18.3 Å². The molecule has 1 N–H and O–H groups in total. The normalized spacial score (nSPS) is 11.7. The smallest absolute Gasteiger partial charge is 0.318 e. The van der Waals surface area contributed by atoms with Gasteiger partial charge in [-0.05, 0) is 18.2 Å². The Morgan fingerprint density at radius 2 is 1.94 bits per heavy atom. The van der Waals surface area contributed by atoms with Gasteiger partial charge in [-0.25, -0.2) is 13.2 Å². The Kier molecular flexibility index (Phi) is 4.07. The molecule has 1 amide bonds. The third kappa shape index (κ3) is 3.15. The fourth-order valence-corrected chi connectivity index (χ4v) is 1.26. The highest BCUT2D eigenvalue weighted by molar-refractivity contribution is 9.10. The van der Waals surface area contributed by atoms with E-state index in [-0.39, 0.29) is 0 Å². The second kappa shape index (κ2) is 4.99. The summed E-state index contributed by atoms with van der Waals surface area (Å²) in [4.78, 5) is 10.8. The van der Waals surface area contributed by atoms with E-state index in [0.717, 1.165) is 12.1 Å². The van der Waals surface area contributed by atoms with Crippen molar-refractivity contribution < 1.29 is 26.7 Å². The number of alkyl halides is 4. The summed E-state index contributed by atoms with van der Waals surface area (Å²) in [5, 5.41) is 1.40. The lowest BCUT2D eigenvalue weighted by atomic mass is 10.2. The highest BCUT2D eigenvalue weighted by Crippen LogP contribution is 2.26. The Balaban J connectivity index is 2.92. The van der Waals surface area contributed by atoms with E-state index in [4.69, 9.17) is 0 Å². The first-order chi connectivity index (χ1) is 7.75. The maximum Gasteiger partial charge on any atom is 0.383 e. The van der Waals surface area contributed by atoms with Crippen LogP contribution in [0.4, 0.5) is 27.6 Å². The van der Waals surface area contributed by atoms with E-state index < -0.39 is 29.8 Å². The highest BCUT2D eigenvalue weighted by atomic mass is 79.9. The second-order valence-electron chi connectivity index (χ2n) is 3.00. The van der Waals surface area contributed by atoms with E-state index in [0.29, 0.717) is 4.47 Å². The van der Waals surface area contributed by atoms with Crippen LogP contribution < -0.4 is 5.32 Å². The van der Waals surface area contributed by atoms with Crippen molar-refractivity contribution in [1.82, 2.24) is 0 Å². The average Bonchev–Trinajstić information content (AvgIpc) is 2.23. The van der Waals surface area contributed by atoms with Gasteiger partial charge in [-0.15, -0.1) is 0 Å². The van der Waals surface area contributed by atoms with Crippen molar-refractivity contribution in [2.75, 3.05) is 5.32 Å². The molecule has 0 aliphatic rings. The SMILES string of the molecule is O=C(Nc1cc(Br)ccc1F)C(F)(F)C(F)F. The number of carbonyl (C=O) groups excluding carboxylic acids is 1. The standard InChI is InChI=1S/C9H5BrF5NO/c10-4-1-2-5(11)6(3-4)16-8(17)9(14,15)7(12)13/h1-3,7H,(H,16,17). The molecule has 2 nitrogen and oxygen atoms in total. The number of hydrogen-bond acceptors (Lipinski definition) is 1. The van der Waals surface area contributed by atoms with Gasteiger partial charge in [-0.3, -0.25) is 4.79 Å². The van der Waals surface area contributed by atoms with Crippen LogP contribution in [0.15, 0.2) is 22.7 Å². The molecule has 0 fully saturated rings. The molecular formula is C9H5BrF5NO. The molecule has 0 radical (unpaired) electrons. The van der Waals surface area contributed by atoms with Gasteiger partial charge in [-0.2, -0.15) is 8.78 Å². The van der Waals surface area contributed by atoms with Crippen molar-refractivity contribution in [3.05, 3.63) is 28.5 Å². The first-order valence-electron chi connectivity index (χ1n) is 4.17. The largest absolute Gasteiger partial charge is 0.383 e. The minimum Gasteiger partial charge on any atom is -0.318 e. The minimum absolute atomic E-state index is 0.301. The highest BCUT2D eigenvalue weighted by Gasteiger charge is 2.49. The molecule has 0 unspecified atom stereocenters. The average molecular weight is 318 g/mol. The summed E-state index contributed by atoms with van der Waals surface area (Å²) in [6, 6.07) is 3.13. The molecule has 1 rings (SSSR count). The zero-order valence-electron chi connectivity index (χ0n) is 7.99. The third-order valence-electron chi connectivity index (χ3n) is 1.75. The van der Waals surface area contributed by atoms with E-state index in [1.165, 1.54) is 11.4 Å². The first-order valence-corrected chi connectivity index (χ1v) is 4.97. The van der Waals surface area contributed by atoms with Crippen LogP contribution in [0.3, 0.4) is 0 Å². The number of halogens is 6. The van der Waals surface area contributed by atoms with Crippen LogP contribution in [0.25, 0.3) is 0 Å². The Bertz CT molecular complexity index is 437. The predicted molar refractivity (Wildman–Crippen MR) is 53.7 cm³/mol. The maximum absolute atomic E-state index is 13.1. The molecule has 0 bridgehead atoms. The topological polar surface area (TPSA) is 29.1 Å². The van der Waals surface area contributed by atoms with Gasteiger partial charge in [0.25, 0.3) is 0 Å². The first kappa shape index (κ1) is 13.9. The van der Waals surface area contributed by atoms with E-state index in [2.05, 4.69) is 15.9 Å². The van der Waals surface area contributed by atoms with Crippen LogP contribution in [0.1, 0.15) is 0 Å². The Morgan fingerprint density at radius 1 is 1.35 bits per heavy atom. The molecule has 0 aliphatic carbocycles. The van der Waals surface area contributed by atoms with Crippen LogP contribution in [0.2, 0.25) is 0 Å². The Labute approximate surface area is 101 Å². The van der Waals surface area contributed by atoms with Crippen molar-refractivity contribution >= 4 is 27.5 Å². The second-order valence-corrected chi connectivity index (χ2v) is 3.92. The van der Waals surface area contributed by atoms with Gasteiger partial charge in [0.05, 0.1) is 5.69 Å². The predicted octanol–water partition coefficient (Wildman–Crippen LogP) is 3.43. The molecule has 0 spiro atoms. The van der Waals surface area contributed by atoms with Gasteiger partial charge in [0.15, 0.2) is 0 Å². The van der Waals surface area contributed by atoms with Crippen molar-refractivity contribution in [2.24, 2.45) is 0 Å². The quantitative estimate of drug-likeness (QED) is 0.850. The molecule has 0 heterocycles. The molecule has 0 saturated heterocycles. The van der Waals surface area contributed by atoms with Crippen molar-refractivity contribution in [3.8, 4) is 0 Å². The van der Waals surface area contributed by atoms with E-state index >= 15 is 0 Å². The summed E-state index contributed by atoms with van der Waals surface area (Å²) in [5.41, 5.74) is -0.607. The molecule has 0 aliphatic heterocycles. The number of amides is 1. The number of carbonyl (C=O) groups is 1. The van der Waals surface area contributed by atoms with Crippen LogP contribution in [0.5, 0.6) is 0 Å². The summed E-state index contributed by atoms with van der Waals surface area (Å²) in [6.45, 7) is 0. The number of anilines is 1. The van der Waals surface area contributed by atoms with Crippen molar-refractivity contribution in [2.45, 2.75) is 12.3 Å². The summed E-state index contributed by atoms with van der Waals surface area (Å²) >= 11 is 2.91. The Hall–Kier alpha value is -1.18. The van der Waals surface area contributed by atoms with Gasteiger partial charge in [-0.1, -0.05) is 15.9 Å². The third-order valence-corrected chi connectivity index (χ3v) is 2.25. The number of rotatable bonds is 3. The molecule has 8 heteroatoms. The van der Waals surface area contributed by atoms with Crippen LogP contribution in [-0.2, 0) is 4.79 Å². The van der Waals surface area contributed by atoms with Gasteiger partial charge in [0.2, 0.25) is 0 Å². The summed E-state index contributed by atoms with van der Waals surface area (Å²) < 4.78 is 62.1. The Morgan fingerprint density at radius 3 is 2.47 bits per heavy atom. The van der Waals surface area contributed by atoms with Crippen LogP contribution in [0, 0.1) is 5.82 Å². The number of nitrogens with one attached hydrogen (secondary N) is 1. The zero-order valence-corrected chi connectivity index (χ0v) is 9.57. The summed E-state index contributed by atoms with van der Waals surface area (Å²) in [6.07, 6.45) is -4.15. The molecule has 0 aromatic heterocycles. The molecule has 1 aromatic rings. The molecule has 17 heavy (non-hydrogen) atoms. The minimum atomic E-state index is -4.87. The maximum atomic E-state index is 13.1. The van der Waals surface area contributed by atoms with Gasteiger partial charge in [0.1, 0.15) is 5.82 Å². The number of benzene rings is 1. The molecular weight excluding hydrogens is 313 g/mol. The van der Waals surface area contributed by atoms with E-state index in [9.17, 15) is 26.7 Å². The lowest BCUT2D eigenvalue weighted by molar-refractivity contribution is -0.163. The zero-order chi connectivity index (χ0) is 13.2. The van der Waals surface area contributed by atoms with E-state index in [1.54, 1.807) is 0 Å². The lowest BCUT2D eigenvalue weighted by Gasteiger charge is -2.15. The summed E-state index contributed by atoms with van der Waals surface area (Å²) in [5.74, 6) is -8.13. The summed E-state index contributed by atoms with van der Waals surface area (Å²) in [7, 11) is 0. The molecule has 1 aromatic carbocycles. The van der Waals surface area contributed by atoms with Gasteiger partial charge in [0, 0.05) is 4.47 Å². The van der Waals surface area contributed by atoms with Crippen LogP contribution >= 0.6 is 15.9 Å². The fourth-order valence-electron chi connectivity index (χ4n) is 0.898. The molecule has 0 atom stereocenters. The van der Waals surface area contributed by atoms with Gasteiger partial charge < -0.3 is 5.32 Å². The molecule has 94 valence electrons. The fraction of sp³-hybridized carbons (Fsp3) is 0.222. The number of hydrogen-bond donors (Lipinski definition) is 1.